The molecule has 104 valence electrons. The van der Waals surface area contributed by atoms with Crippen molar-refractivity contribution in [2.24, 2.45) is 0 Å². The zero-order valence-electron chi connectivity index (χ0n) is 11.4. The van der Waals surface area contributed by atoms with Gasteiger partial charge in [0, 0.05) is 7.11 Å². The molecule has 0 aromatic rings. The average Bonchev–Trinajstić information content (AvgIpc) is 2.66. The van der Waals surface area contributed by atoms with Crippen LogP contribution in [0, 0.1) is 0 Å². The van der Waals surface area contributed by atoms with Crippen molar-refractivity contribution in [3.8, 4) is 0 Å². The number of rotatable bonds is 1. The minimum atomic E-state index is -1.19. The van der Waals surface area contributed by atoms with Crippen LogP contribution in [0.25, 0.3) is 0 Å². The summed E-state index contributed by atoms with van der Waals surface area (Å²) in [7, 11) is 1.54. The summed E-state index contributed by atoms with van der Waals surface area (Å²) in [6.07, 6.45) is -0.903. The fraction of sp³-hybridized carbons (Fsp3) is 1.00. The lowest BCUT2D eigenvalue weighted by Gasteiger charge is -2.38. The van der Waals surface area contributed by atoms with Gasteiger partial charge in [0.15, 0.2) is 17.7 Å². The Morgan fingerprint density at radius 2 is 1.72 bits per heavy atom. The van der Waals surface area contributed by atoms with Crippen molar-refractivity contribution in [3.63, 3.8) is 0 Å². The Labute approximate surface area is 106 Å². The van der Waals surface area contributed by atoms with E-state index in [9.17, 15) is 0 Å². The Morgan fingerprint density at radius 3 is 2.39 bits per heavy atom. The second-order valence-electron chi connectivity index (χ2n) is 5.80. The van der Waals surface area contributed by atoms with E-state index in [2.05, 4.69) is 0 Å². The molecule has 3 aliphatic rings. The first kappa shape index (κ1) is 12.8. The van der Waals surface area contributed by atoms with Gasteiger partial charge in [-0.15, -0.1) is 0 Å². The molecule has 0 spiro atoms. The Morgan fingerprint density at radius 1 is 1.00 bits per heavy atom. The van der Waals surface area contributed by atoms with Crippen LogP contribution in [-0.4, -0.2) is 49.6 Å². The minimum Gasteiger partial charge on any atom is -0.348 e. The third-order valence-electron chi connectivity index (χ3n) is 3.43. The summed E-state index contributed by atoms with van der Waals surface area (Å²) >= 11 is 0. The molecule has 6 heteroatoms. The highest BCUT2D eigenvalue weighted by atomic mass is 17.0. The highest BCUT2D eigenvalue weighted by Gasteiger charge is 2.68. The molecule has 4 atom stereocenters. The molecule has 0 aliphatic carbocycles. The van der Waals surface area contributed by atoms with E-state index in [1.54, 1.807) is 7.11 Å². The summed E-state index contributed by atoms with van der Waals surface area (Å²) in [6.45, 7) is 7.84. The number of methoxy groups -OCH3 is 1. The first-order valence-corrected chi connectivity index (χ1v) is 6.20. The van der Waals surface area contributed by atoms with Gasteiger partial charge in [-0.2, -0.15) is 0 Å². The summed E-state index contributed by atoms with van der Waals surface area (Å²) < 4.78 is 34.4. The summed E-state index contributed by atoms with van der Waals surface area (Å²) in [5, 5.41) is 0. The molecule has 3 rings (SSSR count). The lowest BCUT2D eigenvalue weighted by atomic mass is 10.1. The van der Waals surface area contributed by atoms with Crippen molar-refractivity contribution in [2.45, 2.75) is 63.6 Å². The molecule has 0 radical (unpaired) electrons. The first-order chi connectivity index (χ1) is 8.27. The van der Waals surface area contributed by atoms with Gasteiger partial charge in [0.2, 0.25) is 0 Å². The Balaban J connectivity index is 1.88. The van der Waals surface area contributed by atoms with Crippen LogP contribution in [0.15, 0.2) is 0 Å². The zero-order valence-corrected chi connectivity index (χ0v) is 11.4. The van der Waals surface area contributed by atoms with Crippen molar-refractivity contribution in [1.29, 1.82) is 0 Å². The van der Waals surface area contributed by atoms with E-state index in [0.29, 0.717) is 6.61 Å². The minimum absolute atomic E-state index is 0.237. The van der Waals surface area contributed by atoms with E-state index in [-0.39, 0.29) is 12.2 Å². The van der Waals surface area contributed by atoms with Crippen LogP contribution in [0.2, 0.25) is 0 Å². The SMILES string of the molecule is COC12OC3COC(C)(C)OC3C1OC(C)(C)O2. The van der Waals surface area contributed by atoms with E-state index < -0.39 is 23.7 Å². The van der Waals surface area contributed by atoms with Gasteiger partial charge in [-0.05, 0) is 27.7 Å². The number of fused-ring (bicyclic) bond motifs is 3. The van der Waals surface area contributed by atoms with Gasteiger partial charge in [0.25, 0.3) is 0 Å². The fourth-order valence-electron chi connectivity index (χ4n) is 2.75. The monoisotopic (exact) mass is 260 g/mol. The predicted molar refractivity (Wildman–Crippen MR) is 59.6 cm³/mol. The van der Waals surface area contributed by atoms with Gasteiger partial charge < -0.3 is 23.7 Å². The largest absolute Gasteiger partial charge is 0.348 e. The van der Waals surface area contributed by atoms with Gasteiger partial charge in [-0.25, -0.2) is 0 Å². The van der Waals surface area contributed by atoms with Crippen molar-refractivity contribution < 1.29 is 28.4 Å². The lowest BCUT2D eigenvalue weighted by Crippen LogP contribution is -2.51. The maximum atomic E-state index is 5.90. The predicted octanol–water partition coefficient (Wildman–Crippen LogP) is 0.988. The van der Waals surface area contributed by atoms with E-state index in [0.717, 1.165) is 0 Å². The van der Waals surface area contributed by atoms with Crippen molar-refractivity contribution in [1.82, 2.24) is 0 Å². The second kappa shape index (κ2) is 3.65. The Bertz CT molecular complexity index is 354. The fourth-order valence-corrected chi connectivity index (χ4v) is 2.75. The summed E-state index contributed by atoms with van der Waals surface area (Å²) in [5.41, 5.74) is 0. The molecule has 0 aromatic heterocycles. The average molecular weight is 260 g/mol. The van der Waals surface area contributed by atoms with Crippen molar-refractivity contribution in [2.75, 3.05) is 13.7 Å². The van der Waals surface area contributed by atoms with E-state index in [4.69, 9.17) is 28.4 Å². The Hall–Kier alpha value is -0.240. The maximum absolute atomic E-state index is 5.90. The van der Waals surface area contributed by atoms with Gasteiger partial charge in [-0.1, -0.05) is 0 Å². The van der Waals surface area contributed by atoms with Crippen molar-refractivity contribution >= 4 is 0 Å². The van der Waals surface area contributed by atoms with Gasteiger partial charge in [0.1, 0.15) is 12.2 Å². The lowest BCUT2D eigenvalue weighted by molar-refractivity contribution is -0.380. The normalized spacial score (nSPS) is 48.8. The molecule has 18 heavy (non-hydrogen) atoms. The molecule has 0 amide bonds. The molecule has 3 heterocycles. The quantitative estimate of drug-likeness (QED) is 0.700. The van der Waals surface area contributed by atoms with Crippen LogP contribution in [0.4, 0.5) is 0 Å². The summed E-state index contributed by atoms with van der Waals surface area (Å²) in [5.74, 6) is -2.59. The molecule has 3 aliphatic heterocycles. The van der Waals surface area contributed by atoms with E-state index in [1.165, 1.54) is 0 Å². The van der Waals surface area contributed by atoms with Gasteiger partial charge in [-0.3, -0.25) is 4.74 Å². The standard InChI is InChI=1S/C12H20O6/c1-10(2)14-6-7-8(16-10)9-12(13-5,15-7)18-11(3,4)17-9/h7-9H,6H2,1-5H3. The van der Waals surface area contributed by atoms with E-state index in [1.807, 2.05) is 27.7 Å². The van der Waals surface area contributed by atoms with E-state index >= 15 is 0 Å². The van der Waals surface area contributed by atoms with Crippen molar-refractivity contribution in [3.05, 3.63) is 0 Å². The smallest absolute Gasteiger partial charge is 0.316 e. The van der Waals surface area contributed by atoms with Crippen LogP contribution in [-0.2, 0) is 28.4 Å². The molecule has 3 saturated heterocycles. The number of hydrogen-bond donors (Lipinski definition) is 0. The molecule has 6 nitrogen and oxygen atoms in total. The molecule has 3 fully saturated rings. The maximum Gasteiger partial charge on any atom is 0.316 e. The summed E-state index contributed by atoms with van der Waals surface area (Å²) in [4.78, 5) is 0. The number of ether oxygens (including phenoxy) is 6. The van der Waals surface area contributed by atoms with Crippen LogP contribution < -0.4 is 0 Å². The van der Waals surface area contributed by atoms with Gasteiger partial charge >= 0.3 is 5.97 Å². The van der Waals surface area contributed by atoms with Crippen LogP contribution in [0.5, 0.6) is 0 Å². The highest BCUT2D eigenvalue weighted by Crippen LogP contribution is 2.48. The number of hydrogen-bond acceptors (Lipinski definition) is 6. The zero-order chi connectivity index (χ0) is 13.2. The molecular formula is C12H20O6. The third-order valence-corrected chi connectivity index (χ3v) is 3.43. The molecule has 0 aromatic carbocycles. The van der Waals surface area contributed by atoms with Crippen LogP contribution >= 0.6 is 0 Å². The van der Waals surface area contributed by atoms with Crippen LogP contribution in [0.1, 0.15) is 27.7 Å². The summed E-state index contributed by atoms with van der Waals surface area (Å²) in [6, 6.07) is 0. The third kappa shape index (κ3) is 1.79. The Kier molecular flexibility index (Phi) is 2.59. The molecule has 0 saturated carbocycles. The second-order valence-corrected chi connectivity index (χ2v) is 5.80. The van der Waals surface area contributed by atoms with Gasteiger partial charge in [0.05, 0.1) is 6.61 Å². The molecule has 0 N–H and O–H groups in total. The molecule has 0 bridgehead atoms. The topological polar surface area (TPSA) is 55.4 Å². The highest BCUT2D eigenvalue weighted by molar-refractivity contribution is 5.00. The molecule has 4 unspecified atom stereocenters. The molecular weight excluding hydrogens is 240 g/mol. The van der Waals surface area contributed by atoms with Crippen LogP contribution in [0.3, 0.4) is 0 Å². The first-order valence-electron chi connectivity index (χ1n) is 6.20.